The molecule has 7 heteroatoms. The number of rotatable bonds is 2. The number of carboxylic acids is 1. The molecule has 1 spiro atoms. The normalized spacial score (nSPS) is 18.5. The van der Waals surface area contributed by atoms with Crippen molar-refractivity contribution in [3.63, 3.8) is 0 Å². The average molecular weight is 324 g/mol. The van der Waals surface area contributed by atoms with Crippen molar-refractivity contribution in [1.29, 1.82) is 5.26 Å². The van der Waals surface area contributed by atoms with E-state index in [1.165, 1.54) is 25.1 Å². The summed E-state index contributed by atoms with van der Waals surface area (Å²) in [5.41, 5.74) is 0.930. The molecule has 24 heavy (non-hydrogen) atoms. The van der Waals surface area contributed by atoms with Crippen LogP contribution < -0.4 is 10.5 Å². The molecule has 0 radical (unpaired) electrons. The third-order valence-electron chi connectivity index (χ3n) is 5.30. The van der Waals surface area contributed by atoms with Crippen molar-refractivity contribution < 1.29 is 9.90 Å². The van der Waals surface area contributed by atoms with Gasteiger partial charge < -0.3 is 15.0 Å². The number of pyridine rings is 2. The quantitative estimate of drug-likeness (QED) is 0.872. The summed E-state index contributed by atoms with van der Waals surface area (Å²) in [5.74, 6) is -1.14. The summed E-state index contributed by atoms with van der Waals surface area (Å²) in [6.07, 6.45) is 5.95. The Labute approximate surface area is 137 Å². The number of aromatic amines is 1. The number of hydrogen-bond acceptors (Lipinski definition) is 5. The van der Waals surface area contributed by atoms with Gasteiger partial charge in [-0.25, -0.2) is 9.78 Å². The molecule has 0 amide bonds. The van der Waals surface area contributed by atoms with E-state index in [0.717, 1.165) is 25.9 Å². The lowest BCUT2D eigenvalue weighted by atomic mass is 9.92. The molecule has 7 nitrogen and oxygen atoms in total. The molecule has 1 saturated heterocycles. The molecule has 2 N–H and O–H groups in total. The molecule has 4 rings (SSSR count). The zero-order chi connectivity index (χ0) is 16.9. The largest absolute Gasteiger partial charge is 0.477 e. The summed E-state index contributed by atoms with van der Waals surface area (Å²) in [7, 11) is 0. The molecule has 1 aliphatic heterocycles. The molecular weight excluding hydrogens is 308 g/mol. The standard InChI is InChI=1S/C17H16N4O3/c18-8-11-14(21-5-3-17(1-2-17)4-6-21)10-7-12(16(23)24)19-9-13(10)20-15(11)22/h7,9H,1-6H2,(H,20,22)(H,23,24). The van der Waals surface area contributed by atoms with Gasteiger partial charge in [-0.1, -0.05) is 0 Å². The van der Waals surface area contributed by atoms with Crippen molar-refractivity contribution >= 4 is 22.6 Å². The number of nitrogens with one attached hydrogen (secondary N) is 1. The van der Waals surface area contributed by atoms with E-state index in [2.05, 4.69) is 9.97 Å². The molecule has 1 saturated carbocycles. The van der Waals surface area contributed by atoms with E-state index >= 15 is 0 Å². The van der Waals surface area contributed by atoms with Gasteiger partial charge in [0, 0.05) is 18.5 Å². The smallest absolute Gasteiger partial charge is 0.354 e. The maximum atomic E-state index is 12.2. The van der Waals surface area contributed by atoms with Crippen molar-refractivity contribution in [3.8, 4) is 6.07 Å². The second-order valence-corrected chi connectivity index (χ2v) is 6.70. The van der Waals surface area contributed by atoms with Crippen LogP contribution in [-0.4, -0.2) is 34.1 Å². The van der Waals surface area contributed by atoms with Crippen LogP contribution >= 0.6 is 0 Å². The Balaban J connectivity index is 1.90. The van der Waals surface area contributed by atoms with Gasteiger partial charge in [0.05, 0.1) is 17.4 Å². The van der Waals surface area contributed by atoms with Crippen LogP contribution in [0.2, 0.25) is 0 Å². The minimum Gasteiger partial charge on any atom is -0.477 e. The number of aromatic nitrogens is 2. The molecular formula is C17H16N4O3. The minimum absolute atomic E-state index is 0.0387. The first-order valence-corrected chi connectivity index (χ1v) is 7.97. The van der Waals surface area contributed by atoms with Crippen LogP contribution in [0.1, 0.15) is 41.7 Å². The topological polar surface area (TPSA) is 110 Å². The molecule has 2 fully saturated rings. The SMILES string of the molecule is N#Cc1c(N2CCC3(CC2)CC3)c2cc(C(=O)O)ncc2[nH]c1=O. The fourth-order valence-corrected chi connectivity index (χ4v) is 3.61. The first kappa shape index (κ1) is 14.7. The van der Waals surface area contributed by atoms with Crippen LogP contribution in [0.3, 0.4) is 0 Å². The minimum atomic E-state index is -1.14. The highest BCUT2D eigenvalue weighted by Gasteiger charge is 2.44. The van der Waals surface area contributed by atoms with Gasteiger partial charge in [0.15, 0.2) is 0 Å². The van der Waals surface area contributed by atoms with Gasteiger partial charge in [-0.15, -0.1) is 0 Å². The highest BCUT2D eigenvalue weighted by Crippen LogP contribution is 2.54. The number of hydrogen-bond donors (Lipinski definition) is 2. The van der Waals surface area contributed by atoms with E-state index in [1.807, 2.05) is 11.0 Å². The number of anilines is 1. The summed E-state index contributed by atoms with van der Waals surface area (Å²) >= 11 is 0. The summed E-state index contributed by atoms with van der Waals surface area (Å²) in [6.45, 7) is 1.55. The van der Waals surface area contributed by atoms with E-state index in [0.29, 0.717) is 22.0 Å². The van der Waals surface area contributed by atoms with Crippen LogP contribution in [0.5, 0.6) is 0 Å². The van der Waals surface area contributed by atoms with Crippen LogP contribution in [0.4, 0.5) is 5.69 Å². The van der Waals surface area contributed by atoms with Crippen LogP contribution in [0.25, 0.3) is 10.9 Å². The summed E-state index contributed by atoms with van der Waals surface area (Å²) < 4.78 is 0. The molecule has 0 bridgehead atoms. The van der Waals surface area contributed by atoms with E-state index in [9.17, 15) is 20.0 Å². The van der Waals surface area contributed by atoms with Crippen molar-refractivity contribution in [2.24, 2.45) is 5.41 Å². The monoisotopic (exact) mass is 324 g/mol. The molecule has 2 aliphatic rings. The Hall–Kier alpha value is -2.88. The first-order chi connectivity index (χ1) is 11.5. The van der Waals surface area contributed by atoms with Crippen LogP contribution in [0.15, 0.2) is 17.1 Å². The van der Waals surface area contributed by atoms with Gasteiger partial charge in [0.1, 0.15) is 17.3 Å². The van der Waals surface area contributed by atoms with Crippen molar-refractivity contribution in [3.05, 3.63) is 33.9 Å². The lowest BCUT2D eigenvalue weighted by Gasteiger charge is -2.34. The van der Waals surface area contributed by atoms with Crippen molar-refractivity contribution in [2.45, 2.75) is 25.7 Å². The fraction of sp³-hybridized carbons (Fsp3) is 0.412. The maximum absolute atomic E-state index is 12.2. The number of H-pyrrole nitrogens is 1. The molecule has 1 aliphatic carbocycles. The third-order valence-corrected chi connectivity index (χ3v) is 5.30. The average Bonchev–Trinajstić information content (AvgIpc) is 3.33. The summed E-state index contributed by atoms with van der Waals surface area (Å²) in [4.78, 5) is 32.0. The van der Waals surface area contributed by atoms with Gasteiger partial charge in [0.2, 0.25) is 0 Å². The lowest BCUT2D eigenvalue weighted by molar-refractivity contribution is 0.0690. The Kier molecular flexibility index (Phi) is 3.10. The Bertz CT molecular complexity index is 943. The second kappa shape index (κ2) is 5.06. The zero-order valence-electron chi connectivity index (χ0n) is 13.0. The van der Waals surface area contributed by atoms with E-state index in [1.54, 1.807) is 0 Å². The van der Waals surface area contributed by atoms with Crippen LogP contribution in [-0.2, 0) is 0 Å². The van der Waals surface area contributed by atoms with Gasteiger partial charge in [-0.2, -0.15) is 5.26 Å². The number of carbonyl (C=O) groups is 1. The number of piperidine rings is 1. The van der Waals surface area contributed by atoms with Crippen LogP contribution in [0, 0.1) is 16.7 Å². The lowest BCUT2D eigenvalue weighted by Crippen LogP contribution is -2.36. The Morgan fingerprint density at radius 1 is 1.33 bits per heavy atom. The molecule has 0 unspecified atom stereocenters. The second-order valence-electron chi connectivity index (χ2n) is 6.70. The maximum Gasteiger partial charge on any atom is 0.354 e. The number of carboxylic acid groups (broad SMARTS) is 1. The molecule has 2 aromatic rings. The van der Waals surface area contributed by atoms with E-state index in [-0.39, 0.29) is 11.3 Å². The molecule has 3 heterocycles. The Morgan fingerprint density at radius 3 is 2.62 bits per heavy atom. The Morgan fingerprint density at radius 2 is 2.04 bits per heavy atom. The first-order valence-electron chi connectivity index (χ1n) is 7.97. The number of nitrogens with zero attached hydrogens (tertiary/aromatic N) is 3. The van der Waals surface area contributed by atoms with Gasteiger partial charge in [0.25, 0.3) is 5.56 Å². The number of nitriles is 1. The van der Waals surface area contributed by atoms with Gasteiger partial charge >= 0.3 is 5.97 Å². The fourth-order valence-electron chi connectivity index (χ4n) is 3.61. The highest BCUT2D eigenvalue weighted by molar-refractivity contribution is 5.98. The van der Waals surface area contributed by atoms with Crippen molar-refractivity contribution in [2.75, 3.05) is 18.0 Å². The zero-order valence-corrected chi connectivity index (χ0v) is 13.0. The molecule has 0 atom stereocenters. The summed E-state index contributed by atoms with van der Waals surface area (Å²) in [5, 5.41) is 19.2. The predicted molar refractivity (Wildman–Crippen MR) is 87.2 cm³/mol. The van der Waals surface area contributed by atoms with Crippen molar-refractivity contribution in [1.82, 2.24) is 9.97 Å². The van der Waals surface area contributed by atoms with E-state index in [4.69, 9.17) is 0 Å². The number of fused-ring (bicyclic) bond motifs is 1. The van der Waals surface area contributed by atoms with E-state index < -0.39 is 11.5 Å². The van der Waals surface area contributed by atoms with Gasteiger partial charge in [-0.3, -0.25) is 4.79 Å². The summed E-state index contributed by atoms with van der Waals surface area (Å²) in [6, 6.07) is 3.42. The third kappa shape index (κ3) is 2.22. The highest BCUT2D eigenvalue weighted by atomic mass is 16.4. The number of aromatic carboxylic acids is 1. The molecule has 122 valence electrons. The predicted octanol–water partition coefficient (Wildman–Crippen LogP) is 1.87. The molecule has 2 aromatic heterocycles. The molecule has 0 aromatic carbocycles. The van der Waals surface area contributed by atoms with Gasteiger partial charge in [-0.05, 0) is 37.2 Å².